The Morgan fingerprint density at radius 3 is 2.94 bits per heavy atom. The highest BCUT2D eigenvalue weighted by Gasteiger charge is 2.27. The quantitative estimate of drug-likeness (QED) is 0.566. The number of pyridine rings is 1. The van der Waals surface area contributed by atoms with Gasteiger partial charge in [-0.05, 0) is 47.4 Å². The van der Waals surface area contributed by atoms with Crippen LogP contribution in [0.1, 0.15) is 30.0 Å². The van der Waals surface area contributed by atoms with Crippen molar-refractivity contribution in [3.8, 4) is 5.88 Å². The number of aromatic nitrogens is 1. The van der Waals surface area contributed by atoms with Crippen molar-refractivity contribution in [1.29, 1.82) is 0 Å². The second-order valence-corrected chi connectivity index (χ2v) is 5.59. The number of alkyl halides is 1. The van der Waals surface area contributed by atoms with Gasteiger partial charge in [0.05, 0.1) is 12.8 Å². The van der Waals surface area contributed by atoms with Crippen LogP contribution < -0.4 is 4.74 Å². The Bertz CT molecular complexity index is 415. The number of hydrogen-bond donors (Lipinski definition) is 0. The predicted molar refractivity (Wildman–Crippen MR) is 78.6 cm³/mol. The average molecular weight is 394 g/mol. The number of halogens is 2. The Kier molecular flexibility index (Phi) is 4.24. The largest absolute Gasteiger partial charge is 0.481 e. The van der Waals surface area contributed by atoms with Crippen molar-refractivity contribution in [1.82, 2.24) is 4.98 Å². The minimum absolute atomic E-state index is 0.675. The second-order valence-electron chi connectivity index (χ2n) is 3.78. The highest BCUT2D eigenvalue weighted by atomic mass is 127. The molecule has 2 nitrogen and oxygen atoms in total. The predicted octanol–water partition coefficient (Wildman–Crippen LogP) is 4.14. The van der Waals surface area contributed by atoms with E-state index in [2.05, 4.69) is 61.7 Å². The van der Waals surface area contributed by atoms with Crippen molar-refractivity contribution in [2.45, 2.75) is 18.8 Å². The molecule has 0 aromatic carbocycles. The number of allylic oxidation sites excluding steroid dienone is 1. The molecule has 0 atom stereocenters. The van der Waals surface area contributed by atoms with E-state index < -0.39 is 0 Å². The number of ether oxygens (including phenoxy) is 1. The molecule has 16 heavy (non-hydrogen) atoms. The zero-order valence-corrected chi connectivity index (χ0v) is 12.8. The first kappa shape index (κ1) is 12.4. The minimum atomic E-state index is 0.675. The van der Waals surface area contributed by atoms with Gasteiger partial charge in [0, 0.05) is 14.5 Å². The summed E-state index contributed by atoms with van der Waals surface area (Å²) >= 11 is 5.69. The van der Waals surface area contributed by atoms with Crippen LogP contribution in [0, 0.1) is 0 Å². The zero-order valence-electron chi connectivity index (χ0n) is 9.04. The third-order valence-corrected chi connectivity index (χ3v) is 3.92. The molecule has 1 aliphatic rings. The molecule has 4 heteroatoms. The molecule has 0 saturated heterocycles. The van der Waals surface area contributed by atoms with Crippen LogP contribution in [0.2, 0.25) is 0 Å². The zero-order chi connectivity index (χ0) is 11.5. The van der Waals surface area contributed by atoms with Gasteiger partial charge in [-0.1, -0.05) is 28.1 Å². The lowest BCUT2D eigenvalue weighted by Gasteiger charge is -2.08. The monoisotopic (exact) mass is 393 g/mol. The highest BCUT2D eigenvalue weighted by Crippen LogP contribution is 2.44. The fourth-order valence-corrected chi connectivity index (χ4v) is 3.07. The Hall–Kier alpha value is -0.100. The Morgan fingerprint density at radius 1 is 1.62 bits per heavy atom. The molecule has 1 aliphatic carbocycles. The lowest BCUT2D eigenvalue weighted by Crippen LogP contribution is -1.96. The van der Waals surface area contributed by atoms with Gasteiger partial charge < -0.3 is 4.74 Å². The molecule has 0 aliphatic heterocycles. The summed E-state index contributed by atoms with van der Waals surface area (Å²) in [7, 11) is 1.69. The molecule has 0 unspecified atom stereocenters. The smallest absolute Gasteiger partial charge is 0.217 e. The van der Waals surface area contributed by atoms with E-state index in [0.717, 1.165) is 20.5 Å². The summed E-state index contributed by atoms with van der Waals surface area (Å²) < 4.78 is 6.51. The summed E-state index contributed by atoms with van der Waals surface area (Å²) in [5.41, 5.74) is 2.25. The topological polar surface area (TPSA) is 22.1 Å². The van der Waals surface area contributed by atoms with E-state index in [1.807, 2.05) is 0 Å². The summed E-state index contributed by atoms with van der Waals surface area (Å²) in [4.78, 5) is 4.55. The van der Waals surface area contributed by atoms with Gasteiger partial charge in [-0.3, -0.25) is 0 Å². The molecule has 1 aromatic rings. The summed E-state index contributed by atoms with van der Waals surface area (Å²) in [6.45, 7) is 0. The third kappa shape index (κ3) is 2.77. The highest BCUT2D eigenvalue weighted by molar-refractivity contribution is 14.1. The molecule has 1 saturated carbocycles. The molecule has 0 N–H and O–H groups in total. The van der Waals surface area contributed by atoms with Gasteiger partial charge in [-0.2, -0.15) is 0 Å². The summed E-state index contributed by atoms with van der Waals surface area (Å²) in [6, 6.07) is 4.23. The lowest BCUT2D eigenvalue weighted by atomic mass is 10.1. The molecule has 86 valence electrons. The third-order valence-electron chi connectivity index (χ3n) is 2.60. The van der Waals surface area contributed by atoms with Crippen LogP contribution in [-0.4, -0.2) is 17.4 Å². The van der Waals surface area contributed by atoms with Crippen LogP contribution in [0.5, 0.6) is 5.88 Å². The van der Waals surface area contributed by atoms with Gasteiger partial charge in [0.2, 0.25) is 5.88 Å². The first-order valence-corrected chi connectivity index (χ1v) is 7.43. The van der Waals surface area contributed by atoms with Crippen molar-refractivity contribution in [3.63, 3.8) is 0 Å². The minimum Gasteiger partial charge on any atom is -0.481 e. The Labute approximate surface area is 118 Å². The normalized spacial score (nSPS) is 16.3. The second kappa shape index (κ2) is 5.49. The molecule has 2 rings (SSSR count). The van der Waals surface area contributed by atoms with Crippen molar-refractivity contribution in [3.05, 3.63) is 29.5 Å². The van der Waals surface area contributed by atoms with E-state index in [0.29, 0.717) is 5.92 Å². The maximum atomic E-state index is 5.36. The summed E-state index contributed by atoms with van der Waals surface area (Å²) in [6.07, 6.45) is 4.64. The fourth-order valence-electron chi connectivity index (χ4n) is 1.63. The standard InChI is InChI=1S/C12H13BrINO/c1-16-12-9(8-2-3-8)4-5-11(15-12)10(14)6-7-13/h4-6,8H,2-3,7H2,1H3/b10-6-. The SMILES string of the molecule is COc1nc(/C(I)=C/CBr)ccc1C1CC1. The summed E-state index contributed by atoms with van der Waals surface area (Å²) in [5.74, 6) is 1.46. The van der Waals surface area contributed by atoms with Gasteiger partial charge in [0.25, 0.3) is 0 Å². The molecular weight excluding hydrogens is 381 g/mol. The maximum absolute atomic E-state index is 5.36. The Balaban J connectivity index is 2.32. The number of rotatable bonds is 4. The molecule has 0 spiro atoms. The molecule has 1 heterocycles. The van der Waals surface area contributed by atoms with E-state index in [-0.39, 0.29) is 0 Å². The molecule has 1 aromatic heterocycles. The average Bonchev–Trinajstić information content (AvgIpc) is 3.12. The van der Waals surface area contributed by atoms with Gasteiger partial charge in [0.1, 0.15) is 0 Å². The molecule has 1 fully saturated rings. The van der Waals surface area contributed by atoms with Crippen molar-refractivity contribution >= 4 is 42.1 Å². The fraction of sp³-hybridized carbons (Fsp3) is 0.417. The van der Waals surface area contributed by atoms with Crippen molar-refractivity contribution < 1.29 is 4.74 Å². The molecule has 0 bridgehead atoms. The molecule has 0 radical (unpaired) electrons. The van der Waals surface area contributed by atoms with Crippen LogP contribution in [0.15, 0.2) is 18.2 Å². The van der Waals surface area contributed by atoms with E-state index >= 15 is 0 Å². The number of hydrogen-bond acceptors (Lipinski definition) is 2. The van der Waals surface area contributed by atoms with Crippen LogP contribution in [0.4, 0.5) is 0 Å². The molecule has 0 amide bonds. The van der Waals surface area contributed by atoms with Gasteiger partial charge in [0.15, 0.2) is 0 Å². The van der Waals surface area contributed by atoms with E-state index in [4.69, 9.17) is 4.74 Å². The van der Waals surface area contributed by atoms with Crippen molar-refractivity contribution in [2.75, 3.05) is 12.4 Å². The van der Waals surface area contributed by atoms with Gasteiger partial charge >= 0.3 is 0 Å². The van der Waals surface area contributed by atoms with Crippen LogP contribution in [-0.2, 0) is 0 Å². The lowest BCUT2D eigenvalue weighted by molar-refractivity contribution is 0.392. The van der Waals surface area contributed by atoms with Gasteiger partial charge in [-0.15, -0.1) is 0 Å². The van der Waals surface area contributed by atoms with Crippen LogP contribution in [0.3, 0.4) is 0 Å². The van der Waals surface area contributed by atoms with Crippen LogP contribution >= 0.6 is 38.5 Å². The Morgan fingerprint density at radius 2 is 2.38 bits per heavy atom. The first-order valence-electron chi connectivity index (χ1n) is 5.23. The van der Waals surface area contributed by atoms with E-state index in [9.17, 15) is 0 Å². The van der Waals surface area contributed by atoms with Crippen molar-refractivity contribution in [2.24, 2.45) is 0 Å². The first-order chi connectivity index (χ1) is 7.76. The summed E-state index contributed by atoms with van der Waals surface area (Å²) in [5, 5.41) is 0.847. The maximum Gasteiger partial charge on any atom is 0.217 e. The van der Waals surface area contributed by atoms with E-state index in [1.54, 1.807) is 7.11 Å². The molecular formula is C12H13BrINO. The number of nitrogens with zero attached hydrogens (tertiary/aromatic N) is 1. The van der Waals surface area contributed by atoms with Crippen LogP contribution in [0.25, 0.3) is 3.58 Å². The number of methoxy groups -OCH3 is 1. The van der Waals surface area contributed by atoms with Gasteiger partial charge in [-0.25, -0.2) is 4.98 Å². The van der Waals surface area contributed by atoms with E-state index in [1.165, 1.54) is 18.4 Å².